The Hall–Kier alpha value is -2.53. The SMILES string of the molecule is OCc1cnc(Oc2cnc3ccccc3c2)cn1. The van der Waals surface area contributed by atoms with Crippen molar-refractivity contribution in [2.24, 2.45) is 0 Å². The third kappa shape index (κ3) is 2.51. The first-order valence-corrected chi connectivity index (χ1v) is 5.79. The smallest absolute Gasteiger partial charge is 0.237 e. The number of hydrogen-bond donors (Lipinski definition) is 1. The standard InChI is InChI=1S/C14H11N3O2/c18-9-11-6-17-14(8-15-11)19-12-5-10-3-1-2-4-13(10)16-7-12/h1-8,18H,9H2. The van der Waals surface area contributed by atoms with Gasteiger partial charge < -0.3 is 9.84 Å². The molecule has 94 valence electrons. The molecule has 1 aromatic carbocycles. The molecule has 3 rings (SSSR count). The fourth-order valence-electron chi connectivity index (χ4n) is 1.70. The van der Waals surface area contributed by atoms with Gasteiger partial charge in [0.15, 0.2) is 0 Å². The number of fused-ring (bicyclic) bond motifs is 1. The van der Waals surface area contributed by atoms with E-state index < -0.39 is 0 Å². The molecule has 1 N–H and O–H groups in total. The van der Waals surface area contributed by atoms with E-state index in [0.29, 0.717) is 17.3 Å². The van der Waals surface area contributed by atoms with Crippen molar-refractivity contribution in [2.75, 3.05) is 0 Å². The monoisotopic (exact) mass is 253 g/mol. The van der Waals surface area contributed by atoms with Crippen LogP contribution >= 0.6 is 0 Å². The fourth-order valence-corrected chi connectivity index (χ4v) is 1.70. The van der Waals surface area contributed by atoms with Crippen LogP contribution in [0.4, 0.5) is 0 Å². The van der Waals surface area contributed by atoms with Gasteiger partial charge >= 0.3 is 0 Å². The molecule has 0 saturated heterocycles. The molecule has 0 unspecified atom stereocenters. The van der Waals surface area contributed by atoms with E-state index in [2.05, 4.69) is 15.0 Å². The largest absolute Gasteiger partial charge is 0.436 e. The lowest BCUT2D eigenvalue weighted by atomic mass is 10.2. The second-order valence-corrected chi connectivity index (χ2v) is 3.97. The fraction of sp³-hybridized carbons (Fsp3) is 0.0714. The van der Waals surface area contributed by atoms with E-state index in [4.69, 9.17) is 9.84 Å². The molecule has 2 aromatic heterocycles. The Kier molecular flexibility index (Phi) is 3.04. The van der Waals surface area contributed by atoms with Gasteiger partial charge in [-0.2, -0.15) is 0 Å². The summed E-state index contributed by atoms with van der Waals surface area (Å²) in [6.07, 6.45) is 4.59. The number of aliphatic hydroxyl groups is 1. The van der Waals surface area contributed by atoms with Crippen molar-refractivity contribution in [3.63, 3.8) is 0 Å². The van der Waals surface area contributed by atoms with Gasteiger partial charge in [0.25, 0.3) is 0 Å². The highest BCUT2D eigenvalue weighted by Crippen LogP contribution is 2.22. The Balaban J connectivity index is 1.87. The topological polar surface area (TPSA) is 68.1 Å². The third-order valence-electron chi connectivity index (χ3n) is 2.63. The Morgan fingerprint density at radius 3 is 2.68 bits per heavy atom. The molecule has 0 bridgehead atoms. The van der Waals surface area contributed by atoms with Gasteiger partial charge in [-0.15, -0.1) is 0 Å². The van der Waals surface area contributed by atoms with E-state index in [1.54, 1.807) is 6.20 Å². The third-order valence-corrected chi connectivity index (χ3v) is 2.63. The van der Waals surface area contributed by atoms with E-state index in [1.165, 1.54) is 12.4 Å². The van der Waals surface area contributed by atoms with Crippen molar-refractivity contribution in [3.8, 4) is 11.6 Å². The Morgan fingerprint density at radius 2 is 1.89 bits per heavy atom. The molecule has 3 aromatic rings. The lowest BCUT2D eigenvalue weighted by molar-refractivity contribution is 0.276. The summed E-state index contributed by atoms with van der Waals surface area (Å²) in [7, 11) is 0. The van der Waals surface area contributed by atoms with Crippen molar-refractivity contribution in [1.82, 2.24) is 15.0 Å². The van der Waals surface area contributed by atoms with Crippen LogP contribution in [0.2, 0.25) is 0 Å². The number of nitrogens with zero attached hydrogens (tertiary/aromatic N) is 3. The molecule has 5 nitrogen and oxygen atoms in total. The van der Waals surface area contributed by atoms with Crippen molar-refractivity contribution < 1.29 is 9.84 Å². The van der Waals surface area contributed by atoms with Crippen LogP contribution in [0.3, 0.4) is 0 Å². The summed E-state index contributed by atoms with van der Waals surface area (Å²) in [5.41, 5.74) is 1.42. The molecular formula is C14H11N3O2. The maximum absolute atomic E-state index is 8.88. The maximum atomic E-state index is 8.88. The average Bonchev–Trinajstić information content (AvgIpc) is 2.48. The summed E-state index contributed by atoms with van der Waals surface area (Å²) in [4.78, 5) is 12.3. The average molecular weight is 253 g/mol. The molecule has 0 fully saturated rings. The lowest BCUT2D eigenvalue weighted by Crippen LogP contribution is -1.94. The summed E-state index contributed by atoms with van der Waals surface area (Å²) in [5, 5.41) is 9.88. The molecule has 2 heterocycles. The first-order valence-electron chi connectivity index (χ1n) is 5.79. The predicted octanol–water partition coefficient (Wildman–Crippen LogP) is 2.31. The van der Waals surface area contributed by atoms with Gasteiger partial charge in [0.1, 0.15) is 5.75 Å². The number of rotatable bonds is 3. The molecular weight excluding hydrogens is 242 g/mol. The molecule has 0 aliphatic carbocycles. The summed E-state index contributed by atoms with van der Waals surface area (Å²) >= 11 is 0. The van der Waals surface area contributed by atoms with Gasteiger partial charge in [-0.05, 0) is 12.1 Å². The van der Waals surface area contributed by atoms with Crippen LogP contribution < -0.4 is 4.74 Å². The Labute approximate surface area is 109 Å². The highest BCUT2D eigenvalue weighted by molar-refractivity contribution is 5.79. The van der Waals surface area contributed by atoms with Crippen LogP contribution in [-0.4, -0.2) is 20.1 Å². The lowest BCUT2D eigenvalue weighted by Gasteiger charge is -2.05. The summed E-state index contributed by atoms with van der Waals surface area (Å²) in [6.45, 7) is -0.134. The first-order chi connectivity index (χ1) is 9.35. The molecule has 5 heteroatoms. The van der Waals surface area contributed by atoms with Gasteiger partial charge in [0.05, 0.1) is 36.4 Å². The van der Waals surface area contributed by atoms with E-state index >= 15 is 0 Å². The van der Waals surface area contributed by atoms with Gasteiger partial charge in [-0.3, -0.25) is 9.97 Å². The van der Waals surface area contributed by atoms with Crippen molar-refractivity contribution in [1.29, 1.82) is 0 Å². The van der Waals surface area contributed by atoms with Gasteiger partial charge in [0, 0.05) is 5.39 Å². The minimum atomic E-state index is -0.134. The summed E-state index contributed by atoms with van der Waals surface area (Å²) < 4.78 is 5.57. The quantitative estimate of drug-likeness (QED) is 0.775. The molecule has 0 aliphatic heterocycles. The van der Waals surface area contributed by atoms with Gasteiger partial charge in [0.2, 0.25) is 5.88 Å². The van der Waals surface area contributed by atoms with E-state index in [0.717, 1.165) is 10.9 Å². The highest BCUT2D eigenvalue weighted by Gasteiger charge is 2.02. The number of pyridine rings is 1. The molecule has 0 radical (unpaired) electrons. The van der Waals surface area contributed by atoms with Crippen LogP contribution in [0.1, 0.15) is 5.69 Å². The number of hydrogen-bond acceptors (Lipinski definition) is 5. The molecule has 0 aliphatic rings. The minimum absolute atomic E-state index is 0.134. The Bertz CT molecular complexity index is 698. The normalized spacial score (nSPS) is 10.6. The minimum Gasteiger partial charge on any atom is -0.436 e. The zero-order chi connectivity index (χ0) is 13.1. The summed E-state index contributed by atoms with van der Waals surface area (Å²) in [5.74, 6) is 0.971. The number of benzene rings is 1. The predicted molar refractivity (Wildman–Crippen MR) is 69.8 cm³/mol. The molecule has 0 amide bonds. The van der Waals surface area contributed by atoms with Crippen molar-refractivity contribution >= 4 is 10.9 Å². The van der Waals surface area contributed by atoms with E-state index in [-0.39, 0.29) is 6.61 Å². The summed E-state index contributed by atoms with van der Waals surface area (Å²) in [6, 6.07) is 9.69. The second kappa shape index (κ2) is 4.99. The maximum Gasteiger partial charge on any atom is 0.237 e. The number of ether oxygens (including phenoxy) is 1. The zero-order valence-electron chi connectivity index (χ0n) is 10.0. The number of para-hydroxylation sites is 1. The Morgan fingerprint density at radius 1 is 1.00 bits per heavy atom. The van der Waals surface area contributed by atoms with Crippen LogP contribution in [0.5, 0.6) is 11.6 Å². The van der Waals surface area contributed by atoms with Crippen LogP contribution in [0, 0.1) is 0 Å². The molecule has 19 heavy (non-hydrogen) atoms. The van der Waals surface area contributed by atoms with Crippen molar-refractivity contribution in [3.05, 3.63) is 54.6 Å². The van der Waals surface area contributed by atoms with Crippen LogP contribution in [-0.2, 0) is 6.61 Å². The zero-order valence-corrected chi connectivity index (χ0v) is 10.0. The van der Waals surface area contributed by atoms with Gasteiger partial charge in [-0.1, -0.05) is 18.2 Å². The van der Waals surface area contributed by atoms with Crippen molar-refractivity contribution in [2.45, 2.75) is 6.61 Å². The number of aliphatic hydroxyl groups excluding tert-OH is 1. The number of aromatic nitrogens is 3. The van der Waals surface area contributed by atoms with E-state index in [1.807, 2.05) is 30.3 Å². The van der Waals surface area contributed by atoms with Crippen LogP contribution in [0.25, 0.3) is 10.9 Å². The van der Waals surface area contributed by atoms with Gasteiger partial charge in [-0.25, -0.2) is 4.98 Å². The van der Waals surface area contributed by atoms with Crippen LogP contribution in [0.15, 0.2) is 48.9 Å². The molecule has 0 spiro atoms. The highest BCUT2D eigenvalue weighted by atomic mass is 16.5. The second-order valence-electron chi connectivity index (χ2n) is 3.97. The van der Waals surface area contributed by atoms with E-state index in [9.17, 15) is 0 Å². The molecule has 0 saturated carbocycles. The first kappa shape index (κ1) is 11.6. The molecule has 0 atom stereocenters.